The van der Waals surface area contributed by atoms with E-state index in [0.29, 0.717) is 68.8 Å². The molecule has 5 heterocycles. The summed E-state index contributed by atoms with van der Waals surface area (Å²) in [6.07, 6.45) is 4.94. The molecule has 0 bridgehead atoms. The first-order valence-electron chi connectivity index (χ1n) is 27.3. The quantitative estimate of drug-likeness (QED) is 0.0552. The summed E-state index contributed by atoms with van der Waals surface area (Å²) in [4.78, 5) is 118. The number of amides is 6. The maximum Gasteiger partial charge on any atom is 0.333 e. The molecular formula is C62H64N6O12. The number of para-hydroxylation sites is 2. The highest BCUT2D eigenvalue weighted by molar-refractivity contribution is 6.15. The number of hydrogen-bond donors (Lipinski definition) is 2. The lowest BCUT2D eigenvalue weighted by atomic mass is 9.92. The van der Waals surface area contributed by atoms with Gasteiger partial charge in [-0.25, -0.2) is 4.79 Å². The summed E-state index contributed by atoms with van der Waals surface area (Å²) < 4.78 is 18.8. The first-order valence-corrected chi connectivity index (χ1v) is 27.3. The zero-order chi connectivity index (χ0) is 56.4. The zero-order valence-corrected chi connectivity index (χ0v) is 45.5. The standard InChI is InChI=1S/C62H64N6O12/c1-35(2)59(65-55(70)16-10-11-17-58(73)80-68-56(71)20-21-57(68)72)51(69)23-37(4)60(74)64-43-25-38(33-78-52-31-48-47(22-36(52)3)62(76)67-45(32-63-48)28-42-13-7-9-15-50(42)67)24-39(26-43)34-79-54-29-40-18-19-44-27-41-12-6-8-14-49(41)66(44)61(75)46(40)30-53(54)77-5/h6-9,12-15,22,24-26,29-32,35,37,44-45,59H,10-11,16-21,23,27-28,33-34H2,1-5H3,(H,64,74)(H,65,70)/t37-,44-,45+,59+/m1/s1. The van der Waals surface area contributed by atoms with Crippen molar-refractivity contribution in [3.63, 3.8) is 0 Å². The van der Waals surface area contributed by atoms with Crippen molar-refractivity contribution < 1.29 is 57.4 Å². The molecule has 6 amide bonds. The van der Waals surface area contributed by atoms with Crippen molar-refractivity contribution in [2.75, 3.05) is 22.2 Å². The average Bonchev–Trinajstić information content (AvgIpc) is 4.12. The van der Waals surface area contributed by atoms with E-state index in [0.717, 1.165) is 46.5 Å². The van der Waals surface area contributed by atoms with Gasteiger partial charge in [-0.3, -0.25) is 43.5 Å². The minimum absolute atomic E-state index is 0.00922. The van der Waals surface area contributed by atoms with Crippen LogP contribution >= 0.6 is 0 Å². The molecule has 1 fully saturated rings. The lowest BCUT2D eigenvalue weighted by Gasteiger charge is -2.23. The Kier molecular flexibility index (Phi) is 16.0. The molecule has 0 aromatic heterocycles. The largest absolute Gasteiger partial charge is 0.493 e. The average molecular weight is 1090 g/mol. The van der Waals surface area contributed by atoms with Crippen molar-refractivity contribution in [2.45, 2.75) is 130 Å². The van der Waals surface area contributed by atoms with Crippen molar-refractivity contribution in [1.29, 1.82) is 0 Å². The van der Waals surface area contributed by atoms with E-state index >= 15 is 0 Å². The third-order valence-corrected chi connectivity index (χ3v) is 15.4. The summed E-state index contributed by atoms with van der Waals surface area (Å²) in [6.45, 7) is 7.19. The Morgan fingerprint density at radius 3 is 2.05 bits per heavy atom. The number of carbonyl (C=O) groups excluding carboxylic acids is 8. The lowest BCUT2D eigenvalue weighted by Crippen LogP contribution is -2.45. The molecule has 5 aromatic carbocycles. The Bertz CT molecular complexity index is 3350. The zero-order valence-electron chi connectivity index (χ0n) is 45.5. The van der Waals surface area contributed by atoms with Crippen LogP contribution in [0, 0.1) is 18.8 Å². The second-order valence-electron chi connectivity index (χ2n) is 21.6. The summed E-state index contributed by atoms with van der Waals surface area (Å²) in [7, 11) is 1.53. The number of fused-ring (bicyclic) bond motifs is 8. The van der Waals surface area contributed by atoms with E-state index in [1.54, 1.807) is 56.0 Å². The Morgan fingerprint density at radius 2 is 1.35 bits per heavy atom. The van der Waals surface area contributed by atoms with Crippen LogP contribution in [0.4, 0.5) is 22.7 Å². The molecule has 5 aliphatic heterocycles. The third-order valence-electron chi connectivity index (χ3n) is 15.4. The van der Waals surface area contributed by atoms with Gasteiger partial charge in [0, 0.05) is 85.4 Å². The maximum atomic E-state index is 14.2. The monoisotopic (exact) mass is 1080 g/mol. The highest BCUT2D eigenvalue weighted by atomic mass is 16.7. The van der Waals surface area contributed by atoms with Gasteiger partial charge in [-0.15, -0.1) is 5.06 Å². The normalized spacial score (nSPS) is 17.6. The molecular weight excluding hydrogens is 1020 g/mol. The lowest BCUT2D eigenvalue weighted by molar-refractivity contribution is -0.197. The van der Waals surface area contributed by atoms with Crippen LogP contribution in [0.5, 0.6) is 17.2 Å². The molecule has 80 heavy (non-hydrogen) atoms. The van der Waals surface area contributed by atoms with E-state index in [9.17, 15) is 38.4 Å². The molecule has 414 valence electrons. The van der Waals surface area contributed by atoms with E-state index in [4.69, 9.17) is 24.0 Å². The van der Waals surface area contributed by atoms with Gasteiger partial charge in [0.1, 0.15) is 19.0 Å². The van der Waals surface area contributed by atoms with E-state index in [-0.39, 0.29) is 93.8 Å². The summed E-state index contributed by atoms with van der Waals surface area (Å²) in [5.41, 5.74) is 8.93. The van der Waals surface area contributed by atoms with E-state index in [2.05, 4.69) is 16.7 Å². The van der Waals surface area contributed by atoms with E-state index < -0.39 is 41.6 Å². The highest BCUT2D eigenvalue weighted by Crippen LogP contribution is 2.42. The van der Waals surface area contributed by atoms with E-state index in [1.807, 2.05) is 72.6 Å². The van der Waals surface area contributed by atoms with Gasteiger partial charge in [0.25, 0.3) is 23.6 Å². The number of unbranched alkanes of at least 4 members (excludes halogenated alkanes) is 1. The number of imide groups is 1. The van der Waals surface area contributed by atoms with Gasteiger partial charge in [0.15, 0.2) is 17.3 Å². The molecule has 18 nitrogen and oxygen atoms in total. The van der Waals surface area contributed by atoms with Crippen molar-refractivity contribution in [3.05, 3.63) is 136 Å². The van der Waals surface area contributed by atoms with Gasteiger partial charge < -0.3 is 34.6 Å². The molecule has 0 unspecified atom stereocenters. The van der Waals surface area contributed by atoms with Crippen LogP contribution < -0.4 is 34.6 Å². The summed E-state index contributed by atoms with van der Waals surface area (Å²) in [5.74, 6) is -3.05. The second-order valence-corrected chi connectivity index (χ2v) is 21.6. The number of Topliss-reactive ketones (excluding diaryl/α,β-unsaturated/α-hetero) is 1. The predicted molar refractivity (Wildman–Crippen MR) is 297 cm³/mol. The van der Waals surface area contributed by atoms with Crippen LogP contribution in [0.3, 0.4) is 0 Å². The van der Waals surface area contributed by atoms with Gasteiger partial charge in [-0.1, -0.05) is 57.2 Å². The van der Waals surface area contributed by atoms with Crippen molar-refractivity contribution in [2.24, 2.45) is 16.8 Å². The Hall–Kier alpha value is -8.67. The number of ketones is 1. The first kappa shape index (κ1) is 54.7. The SMILES string of the molecule is COc1cc2c(cc1OCc1cc(COc3cc4c(cc3C)C(=O)N3c5ccccc5C[C@H]3C=N4)cc(NC(=O)[C@H](C)CC(=O)[C@@H](NC(=O)CCCCC(=O)ON3C(=O)CCC3=O)C(C)C)c1)CC[C@@H]1Cc3ccccc3N1C2=O. The number of nitrogens with zero attached hydrogens (tertiary/aromatic N) is 4. The Balaban J connectivity index is 0.830. The number of carbonyl (C=O) groups is 8. The number of nitrogens with one attached hydrogen (secondary N) is 2. The van der Waals surface area contributed by atoms with Crippen molar-refractivity contribution in [1.82, 2.24) is 10.4 Å². The smallest absolute Gasteiger partial charge is 0.333 e. The predicted octanol–water partition coefficient (Wildman–Crippen LogP) is 8.81. The number of anilines is 3. The number of hydroxylamine groups is 2. The van der Waals surface area contributed by atoms with Gasteiger partial charge in [0.05, 0.1) is 30.4 Å². The molecule has 10 rings (SSSR count). The van der Waals surface area contributed by atoms with Gasteiger partial charge in [-0.2, -0.15) is 0 Å². The fourth-order valence-corrected chi connectivity index (χ4v) is 11.2. The number of aliphatic imine (C=N–C) groups is 1. The van der Waals surface area contributed by atoms with Crippen LogP contribution in [-0.4, -0.2) is 83.7 Å². The third kappa shape index (κ3) is 11.6. The molecule has 5 aliphatic rings. The van der Waals surface area contributed by atoms with Crippen molar-refractivity contribution >= 4 is 76.2 Å². The first-order chi connectivity index (χ1) is 38.5. The Morgan fingerprint density at radius 1 is 0.700 bits per heavy atom. The molecule has 1 saturated heterocycles. The molecule has 4 atom stereocenters. The minimum Gasteiger partial charge on any atom is -0.493 e. The van der Waals surface area contributed by atoms with Crippen molar-refractivity contribution in [3.8, 4) is 17.2 Å². The van der Waals surface area contributed by atoms with Crippen LogP contribution in [0.1, 0.15) is 126 Å². The number of aryl methyl sites for hydroxylation is 2. The van der Waals surface area contributed by atoms with Crippen LogP contribution in [0.25, 0.3) is 0 Å². The molecule has 0 aliphatic carbocycles. The fourth-order valence-electron chi connectivity index (χ4n) is 11.2. The van der Waals surface area contributed by atoms with Crippen LogP contribution in [-0.2, 0) is 66.1 Å². The Labute approximate surface area is 463 Å². The minimum atomic E-state index is -0.884. The number of rotatable bonds is 20. The van der Waals surface area contributed by atoms with Crippen LogP contribution in [0.2, 0.25) is 0 Å². The van der Waals surface area contributed by atoms with Gasteiger partial charge >= 0.3 is 5.97 Å². The van der Waals surface area contributed by atoms with Gasteiger partial charge in [0.2, 0.25) is 11.8 Å². The molecule has 18 heteroatoms. The molecule has 2 N–H and O–H groups in total. The number of ether oxygens (including phenoxy) is 3. The second kappa shape index (κ2) is 23.3. The summed E-state index contributed by atoms with van der Waals surface area (Å²) in [6, 6.07) is 27.5. The highest BCUT2D eigenvalue weighted by Gasteiger charge is 2.39. The van der Waals surface area contributed by atoms with Gasteiger partial charge in [-0.05, 0) is 127 Å². The maximum absolute atomic E-state index is 14.2. The molecule has 0 spiro atoms. The fraction of sp³-hybridized carbons (Fsp3) is 0.371. The van der Waals surface area contributed by atoms with Crippen LogP contribution in [0.15, 0.2) is 96.0 Å². The topological polar surface area (TPSA) is 220 Å². The summed E-state index contributed by atoms with van der Waals surface area (Å²) in [5, 5.41) is 6.29. The number of hydrogen-bond acceptors (Lipinski definition) is 13. The molecule has 5 aromatic rings. The van der Waals surface area contributed by atoms with E-state index in [1.165, 1.54) is 7.11 Å². The molecule has 0 saturated carbocycles. The number of methoxy groups -OCH3 is 1. The number of benzene rings is 5. The molecule has 0 radical (unpaired) electrons. The summed E-state index contributed by atoms with van der Waals surface area (Å²) >= 11 is 0.